The molecule has 1 N–H and O–H groups in total. The molecule has 0 spiro atoms. The van der Waals surface area contributed by atoms with Crippen LogP contribution in [0.25, 0.3) is 22.2 Å². The van der Waals surface area contributed by atoms with Crippen molar-refractivity contribution in [2.24, 2.45) is 0 Å². The molecule has 1 heterocycles. The summed E-state index contributed by atoms with van der Waals surface area (Å²) in [5.41, 5.74) is 1.42. The quantitative estimate of drug-likeness (QED) is 0.737. The van der Waals surface area contributed by atoms with E-state index in [0.29, 0.717) is 11.3 Å². The van der Waals surface area contributed by atoms with Crippen LogP contribution < -0.4 is 0 Å². The molecule has 1 aromatic heterocycles. The molecule has 0 aliphatic heterocycles. The molecule has 3 aromatic rings. The Kier molecular flexibility index (Phi) is 2.37. The molecule has 0 amide bonds. The molecule has 0 radical (unpaired) electrons. The monoisotopic (exact) mass is 289 g/mol. The number of hydrogen-bond donors (Lipinski definition) is 1. The minimum absolute atomic E-state index is 0.186. The Morgan fingerprint density at radius 2 is 1.94 bits per heavy atom. The van der Waals surface area contributed by atoms with Crippen LogP contribution in [0, 0.1) is 0 Å². The smallest absolute Gasteiger partial charge is 0.178 e. The first-order chi connectivity index (χ1) is 8.25. The van der Waals surface area contributed by atoms with E-state index >= 15 is 0 Å². The van der Waals surface area contributed by atoms with Gasteiger partial charge >= 0.3 is 0 Å². The van der Waals surface area contributed by atoms with Crippen LogP contribution in [0.3, 0.4) is 0 Å². The molecule has 0 atom stereocenters. The van der Waals surface area contributed by atoms with Crippen LogP contribution in [-0.2, 0) is 0 Å². The number of fused-ring (bicyclic) bond motifs is 1. The number of aromatic hydroxyl groups is 1. The lowest BCUT2D eigenvalue weighted by Crippen LogP contribution is -1.76. The van der Waals surface area contributed by atoms with Gasteiger partial charge in [0.05, 0.1) is 10.9 Å². The molecular formula is C13H8BrNO2. The summed E-state index contributed by atoms with van der Waals surface area (Å²) in [4.78, 5) is 0. The lowest BCUT2D eigenvalue weighted by atomic mass is 10.1. The van der Waals surface area contributed by atoms with Crippen molar-refractivity contribution in [3.05, 3.63) is 46.9 Å². The summed E-state index contributed by atoms with van der Waals surface area (Å²) in [6.45, 7) is 0. The first-order valence-corrected chi connectivity index (χ1v) is 5.88. The predicted molar refractivity (Wildman–Crippen MR) is 68.8 cm³/mol. The van der Waals surface area contributed by atoms with E-state index in [-0.39, 0.29) is 5.75 Å². The van der Waals surface area contributed by atoms with Gasteiger partial charge in [-0.2, -0.15) is 0 Å². The molecule has 0 aliphatic rings. The Labute approximate surface area is 106 Å². The van der Waals surface area contributed by atoms with Crippen molar-refractivity contribution in [2.45, 2.75) is 0 Å². The molecule has 0 bridgehead atoms. The fraction of sp³-hybridized carbons (Fsp3) is 0. The van der Waals surface area contributed by atoms with E-state index < -0.39 is 0 Å². The highest BCUT2D eigenvalue weighted by atomic mass is 79.9. The highest BCUT2D eigenvalue weighted by Gasteiger charge is 2.13. The molecule has 0 fully saturated rings. The molecule has 0 unspecified atom stereocenters. The summed E-state index contributed by atoms with van der Waals surface area (Å²) in [7, 11) is 0. The lowest BCUT2D eigenvalue weighted by molar-refractivity contribution is 0.433. The van der Waals surface area contributed by atoms with Gasteiger partial charge in [0.2, 0.25) is 0 Å². The van der Waals surface area contributed by atoms with E-state index in [1.807, 2.05) is 24.3 Å². The maximum atomic E-state index is 9.81. The number of halogens is 1. The SMILES string of the molecule is Oc1ccccc1-c1onc2ccc(Br)cc12. The van der Waals surface area contributed by atoms with Gasteiger partial charge < -0.3 is 9.63 Å². The molecule has 2 aromatic carbocycles. The number of hydrogen-bond acceptors (Lipinski definition) is 3. The van der Waals surface area contributed by atoms with Gasteiger partial charge in [0.1, 0.15) is 11.3 Å². The number of rotatable bonds is 1. The number of para-hydroxylation sites is 1. The van der Waals surface area contributed by atoms with Crippen molar-refractivity contribution in [1.29, 1.82) is 0 Å². The van der Waals surface area contributed by atoms with Gasteiger partial charge in [0.25, 0.3) is 0 Å². The van der Waals surface area contributed by atoms with E-state index in [0.717, 1.165) is 15.4 Å². The Hall–Kier alpha value is -1.81. The van der Waals surface area contributed by atoms with Crippen molar-refractivity contribution in [1.82, 2.24) is 5.16 Å². The molecule has 4 heteroatoms. The minimum Gasteiger partial charge on any atom is -0.507 e. The Balaban J connectivity index is 2.31. The molecular weight excluding hydrogens is 282 g/mol. The van der Waals surface area contributed by atoms with Gasteiger partial charge in [-0.1, -0.05) is 33.2 Å². The average molecular weight is 290 g/mol. The van der Waals surface area contributed by atoms with Crippen LogP contribution in [0.4, 0.5) is 0 Å². The van der Waals surface area contributed by atoms with Gasteiger partial charge in [-0.3, -0.25) is 0 Å². The zero-order valence-electron chi connectivity index (χ0n) is 8.72. The lowest BCUT2D eigenvalue weighted by Gasteiger charge is -1.99. The topological polar surface area (TPSA) is 46.3 Å². The van der Waals surface area contributed by atoms with Gasteiger partial charge in [0.15, 0.2) is 5.76 Å². The van der Waals surface area contributed by atoms with Crippen LogP contribution >= 0.6 is 15.9 Å². The van der Waals surface area contributed by atoms with Gasteiger partial charge in [-0.05, 0) is 30.3 Å². The second-order valence-electron chi connectivity index (χ2n) is 3.69. The largest absolute Gasteiger partial charge is 0.507 e. The fourth-order valence-corrected chi connectivity index (χ4v) is 2.13. The molecule has 0 aliphatic carbocycles. The van der Waals surface area contributed by atoms with E-state index in [2.05, 4.69) is 21.1 Å². The van der Waals surface area contributed by atoms with Crippen molar-refractivity contribution in [3.8, 4) is 17.1 Å². The number of phenols is 1. The zero-order valence-corrected chi connectivity index (χ0v) is 10.3. The number of benzene rings is 2. The van der Waals surface area contributed by atoms with Gasteiger partial charge in [-0.15, -0.1) is 0 Å². The zero-order chi connectivity index (χ0) is 11.8. The highest BCUT2D eigenvalue weighted by Crippen LogP contribution is 2.35. The predicted octanol–water partition coefficient (Wildman–Crippen LogP) is 3.96. The summed E-state index contributed by atoms with van der Waals surface area (Å²) in [6, 6.07) is 12.7. The Morgan fingerprint density at radius 3 is 2.76 bits per heavy atom. The normalized spacial score (nSPS) is 10.9. The molecule has 0 saturated carbocycles. The van der Waals surface area contributed by atoms with E-state index in [1.165, 1.54) is 0 Å². The van der Waals surface area contributed by atoms with Crippen molar-refractivity contribution >= 4 is 26.8 Å². The number of nitrogens with zero attached hydrogens (tertiary/aromatic N) is 1. The third-order valence-electron chi connectivity index (χ3n) is 2.59. The second kappa shape index (κ2) is 3.89. The number of phenolic OH excluding ortho intramolecular Hbond substituents is 1. The van der Waals surface area contributed by atoms with Crippen molar-refractivity contribution in [3.63, 3.8) is 0 Å². The summed E-state index contributed by atoms with van der Waals surface area (Å²) in [6.07, 6.45) is 0. The first kappa shape index (κ1) is 10.4. The van der Waals surface area contributed by atoms with Gasteiger partial charge in [-0.25, -0.2) is 0 Å². The van der Waals surface area contributed by atoms with E-state index in [1.54, 1.807) is 18.2 Å². The third kappa shape index (κ3) is 1.70. The van der Waals surface area contributed by atoms with Crippen LogP contribution in [0.2, 0.25) is 0 Å². The van der Waals surface area contributed by atoms with Crippen molar-refractivity contribution in [2.75, 3.05) is 0 Å². The second-order valence-corrected chi connectivity index (χ2v) is 4.61. The first-order valence-electron chi connectivity index (χ1n) is 5.09. The van der Waals surface area contributed by atoms with Crippen LogP contribution in [-0.4, -0.2) is 10.3 Å². The van der Waals surface area contributed by atoms with Gasteiger partial charge in [0, 0.05) is 4.47 Å². The average Bonchev–Trinajstić information content (AvgIpc) is 2.72. The molecule has 3 rings (SSSR count). The van der Waals surface area contributed by atoms with Crippen LogP contribution in [0.1, 0.15) is 0 Å². The molecule has 3 nitrogen and oxygen atoms in total. The number of aromatic nitrogens is 1. The summed E-state index contributed by atoms with van der Waals surface area (Å²) in [5.74, 6) is 0.768. The highest BCUT2D eigenvalue weighted by molar-refractivity contribution is 9.10. The minimum atomic E-state index is 0.186. The third-order valence-corrected chi connectivity index (χ3v) is 3.08. The van der Waals surface area contributed by atoms with Crippen LogP contribution in [0.15, 0.2) is 51.5 Å². The summed E-state index contributed by atoms with van der Waals surface area (Å²) < 4.78 is 6.26. The molecule has 0 saturated heterocycles. The summed E-state index contributed by atoms with van der Waals surface area (Å²) >= 11 is 3.41. The fourth-order valence-electron chi connectivity index (χ4n) is 1.77. The standard InChI is InChI=1S/C13H8BrNO2/c14-8-5-6-11-10(7-8)13(17-15-11)9-3-1-2-4-12(9)16/h1-7,16H. The molecule has 17 heavy (non-hydrogen) atoms. The Bertz CT molecular complexity index is 691. The maximum absolute atomic E-state index is 9.81. The van der Waals surface area contributed by atoms with Crippen LogP contribution in [0.5, 0.6) is 5.75 Å². The van der Waals surface area contributed by atoms with E-state index in [4.69, 9.17) is 4.52 Å². The maximum Gasteiger partial charge on any atom is 0.178 e. The van der Waals surface area contributed by atoms with E-state index in [9.17, 15) is 5.11 Å². The summed E-state index contributed by atoms with van der Waals surface area (Å²) in [5, 5.41) is 14.7. The Morgan fingerprint density at radius 1 is 1.12 bits per heavy atom. The molecule has 84 valence electrons. The van der Waals surface area contributed by atoms with Crippen molar-refractivity contribution < 1.29 is 9.63 Å².